The highest BCUT2D eigenvalue weighted by Crippen LogP contribution is 2.49. The van der Waals surface area contributed by atoms with E-state index in [-0.39, 0.29) is 0 Å². The SMILES string of the molecule is N#CC1(c2c(F)ccc(F)c2F)CC1. The summed E-state index contributed by atoms with van der Waals surface area (Å²) in [5, 5.41) is 8.74. The Kier molecular flexibility index (Phi) is 1.78. The molecule has 0 aliphatic heterocycles. The summed E-state index contributed by atoms with van der Waals surface area (Å²) >= 11 is 0. The first-order chi connectivity index (χ1) is 6.60. The highest BCUT2D eigenvalue weighted by Gasteiger charge is 2.49. The number of benzene rings is 1. The lowest BCUT2D eigenvalue weighted by Crippen LogP contribution is -2.10. The Morgan fingerprint density at radius 3 is 2.21 bits per heavy atom. The summed E-state index contributed by atoms with van der Waals surface area (Å²) in [6, 6.07) is 3.41. The van der Waals surface area contributed by atoms with E-state index in [0.29, 0.717) is 12.8 Å². The van der Waals surface area contributed by atoms with Crippen molar-refractivity contribution in [3.63, 3.8) is 0 Å². The van der Waals surface area contributed by atoms with Crippen LogP contribution in [0, 0.1) is 28.8 Å². The highest BCUT2D eigenvalue weighted by atomic mass is 19.2. The Morgan fingerprint density at radius 1 is 1.14 bits per heavy atom. The van der Waals surface area contributed by atoms with Gasteiger partial charge in [-0.2, -0.15) is 5.26 Å². The summed E-state index contributed by atoms with van der Waals surface area (Å²) in [4.78, 5) is 0. The van der Waals surface area contributed by atoms with Crippen molar-refractivity contribution in [2.75, 3.05) is 0 Å². The lowest BCUT2D eigenvalue weighted by Gasteiger charge is -2.09. The molecule has 0 unspecified atom stereocenters. The topological polar surface area (TPSA) is 23.8 Å². The minimum Gasteiger partial charge on any atom is -0.207 e. The Morgan fingerprint density at radius 2 is 1.71 bits per heavy atom. The van der Waals surface area contributed by atoms with Gasteiger partial charge in [0.2, 0.25) is 0 Å². The Hall–Kier alpha value is -1.50. The molecule has 0 radical (unpaired) electrons. The fourth-order valence-corrected chi connectivity index (χ4v) is 1.51. The Balaban J connectivity index is 2.64. The van der Waals surface area contributed by atoms with Crippen LogP contribution in [0.25, 0.3) is 0 Å². The van der Waals surface area contributed by atoms with Gasteiger partial charge in [-0.25, -0.2) is 13.2 Å². The monoisotopic (exact) mass is 197 g/mol. The van der Waals surface area contributed by atoms with Gasteiger partial charge in [0.05, 0.1) is 11.5 Å². The molecule has 72 valence electrons. The van der Waals surface area contributed by atoms with Crippen LogP contribution in [0.1, 0.15) is 18.4 Å². The Bertz CT molecular complexity index is 430. The molecule has 0 amide bonds. The zero-order chi connectivity index (χ0) is 10.3. The second kappa shape index (κ2) is 2.74. The number of rotatable bonds is 1. The molecule has 0 aromatic heterocycles. The zero-order valence-corrected chi connectivity index (χ0v) is 7.15. The summed E-state index contributed by atoms with van der Waals surface area (Å²) in [6.07, 6.45) is 0.779. The van der Waals surface area contributed by atoms with Crippen LogP contribution in [0.2, 0.25) is 0 Å². The summed E-state index contributed by atoms with van der Waals surface area (Å²) in [7, 11) is 0. The van der Waals surface area contributed by atoms with Crippen LogP contribution < -0.4 is 0 Å². The van der Waals surface area contributed by atoms with Crippen molar-refractivity contribution in [1.29, 1.82) is 5.26 Å². The molecule has 1 saturated carbocycles. The fourth-order valence-electron chi connectivity index (χ4n) is 1.51. The van der Waals surface area contributed by atoms with Gasteiger partial charge in [0.1, 0.15) is 5.82 Å². The molecule has 0 N–H and O–H groups in total. The third kappa shape index (κ3) is 1.09. The molecule has 1 aliphatic rings. The number of halogens is 3. The predicted octanol–water partition coefficient (Wildman–Crippen LogP) is 2.66. The van der Waals surface area contributed by atoms with Crippen LogP contribution in [-0.4, -0.2) is 0 Å². The molecule has 1 nitrogen and oxygen atoms in total. The van der Waals surface area contributed by atoms with Crippen molar-refractivity contribution >= 4 is 0 Å². The van der Waals surface area contributed by atoms with E-state index >= 15 is 0 Å². The van der Waals surface area contributed by atoms with Crippen molar-refractivity contribution in [3.05, 3.63) is 35.1 Å². The van der Waals surface area contributed by atoms with Crippen molar-refractivity contribution in [2.45, 2.75) is 18.3 Å². The van der Waals surface area contributed by atoms with E-state index in [4.69, 9.17) is 5.26 Å². The molecule has 0 heterocycles. The molecule has 1 fully saturated rings. The molecule has 0 bridgehead atoms. The van der Waals surface area contributed by atoms with Crippen molar-refractivity contribution < 1.29 is 13.2 Å². The third-order valence-corrected chi connectivity index (χ3v) is 2.49. The van der Waals surface area contributed by atoms with E-state index in [2.05, 4.69) is 0 Å². The van der Waals surface area contributed by atoms with Crippen LogP contribution in [0.4, 0.5) is 13.2 Å². The summed E-state index contributed by atoms with van der Waals surface area (Å²) in [5.74, 6) is -3.19. The quantitative estimate of drug-likeness (QED) is 0.635. The molecule has 14 heavy (non-hydrogen) atoms. The smallest absolute Gasteiger partial charge is 0.166 e. The van der Waals surface area contributed by atoms with E-state index in [1.807, 2.05) is 6.07 Å². The molecule has 2 rings (SSSR count). The molecule has 1 aromatic rings. The first-order valence-corrected chi connectivity index (χ1v) is 4.16. The van der Waals surface area contributed by atoms with Crippen LogP contribution >= 0.6 is 0 Å². The first-order valence-electron chi connectivity index (χ1n) is 4.16. The maximum Gasteiger partial charge on any atom is 0.166 e. The number of hydrogen-bond donors (Lipinski definition) is 0. The molecule has 0 atom stereocenters. The largest absolute Gasteiger partial charge is 0.207 e. The molecule has 0 saturated heterocycles. The van der Waals surface area contributed by atoms with Gasteiger partial charge in [-0.3, -0.25) is 0 Å². The molecule has 0 spiro atoms. The second-order valence-electron chi connectivity index (χ2n) is 3.41. The third-order valence-electron chi connectivity index (χ3n) is 2.49. The average Bonchev–Trinajstić information content (AvgIpc) is 2.93. The Labute approximate surface area is 78.8 Å². The summed E-state index contributed by atoms with van der Waals surface area (Å²) in [6.45, 7) is 0. The fraction of sp³-hybridized carbons (Fsp3) is 0.300. The number of hydrogen-bond acceptors (Lipinski definition) is 1. The standard InChI is InChI=1S/C10H6F3N/c11-6-1-2-7(12)9(13)8(6)10(5-14)3-4-10/h1-2H,3-4H2. The van der Waals surface area contributed by atoms with Crippen LogP contribution in [-0.2, 0) is 5.41 Å². The molecule has 4 heteroatoms. The van der Waals surface area contributed by atoms with E-state index in [1.165, 1.54) is 0 Å². The van der Waals surface area contributed by atoms with Gasteiger partial charge >= 0.3 is 0 Å². The highest BCUT2D eigenvalue weighted by molar-refractivity contribution is 5.41. The zero-order valence-electron chi connectivity index (χ0n) is 7.15. The van der Waals surface area contributed by atoms with Crippen LogP contribution in [0.15, 0.2) is 12.1 Å². The number of nitriles is 1. The maximum atomic E-state index is 13.2. The predicted molar refractivity (Wildman–Crippen MR) is 42.8 cm³/mol. The van der Waals surface area contributed by atoms with Gasteiger partial charge in [-0.1, -0.05) is 0 Å². The summed E-state index contributed by atoms with van der Waals surface area (Å²) < 4.78 is 39.2. The van der Waals surface area contributed by atoms with Crippen molar-refractivity contribution in [1.82, 2.24) is 0 Å². The minimum absolute atomic E-state index is 0.390. The van der Waals surface area contributed by atoms with Crippen molar-refractivity contribution in [3.8, 4) is 6.07 Å². The maximum absolute atomic E-state index is 13.2. The normalized spacial score (nSPS) is 17.6. The van der Waals surface area contributed by atoms with Crippen LogP contribution in [0.5, 0.6) is 0 Å². The van der Waals surface area contributed by atoms with E-state index in [0.717, 1.165) is 12.1 Å². The van der Waals surface area contributed by atoms with E-state index < -0.39 is 28.4 Å². The summed E-state index contributed by atoms with van der Waals surface area (Å²) in [5.41, 5.74) is -1.55. The molecular weight excluding hydrogens is 191 g/mol. The van der Waals surface area contributed by atoms with Gasteiger partial charge in [0.25, 0.3) is 0 Å². The lowest BCUT2D eigenvalue weighted by atomic mass is 9.96. The van der Waals surface area contributed by atoms with E-state index in [1.54, 1.807) is 0 Å². The lowest BCUT2D eigenvalue weighted by molar-refractivity contribution is 0.472. The van der Waals surface area contributed by atoms with Gasteiger partial charge in [0, 0.05) is 5.56 Å². The van der Waals surface area contributed by atoms with E-state index in [9.17, 15) is 13.2 Å². The van der Waals surface area contributed by atoms with Crippen molar-refractivity contribution in [2.24, 2.45) is 0 Å². The molecule has 1 aliphatic carbocycles. The second-order valence-corrected chi connectivity index (χ2v) is 3.41. The first kappa shape index (κ1) is 9.07. The van der Waals surface area contributed by atoms with Gasteiger partial charge in [-0.15, -0.1) is 0 Å². The van der Waals surface area contributed by atoms with Crippen LogP contribution in [0.3, 0.4) is 0 Å². The van der Waals surface area contributed by atoms with Gasteiger partial charge < -0.3 is 0 Å². The number of nitrogens with zero attached hydrogens (tertiary/aromatic N) is 1. The van der Waals surface area contributed by atoms with Gasteiger partial charge in [0.15, 0.2) is 11.6 Å². The van der Waals surface area contributed by atoms with Gasteiger partial charge in [-0.05, 0) is 25.0 Å². The average molecular weight is 197 g/mol. The minimum atomic E-state index is -1.23. The molecule has 1 aromatic carbocycles. The molecular formula is C10H6F3N.